The fraction of sp³-hybridized carbons (Fsp3) is 0.312. The van der Waals surface area contributed by atoms with Crippen molar-refractivity contribution in [1.82, 2.24) is 14.9 Å². The Balaban J connectivity index is 1.53. The Kier molecular flexibility index (Phi) is 4.27. The maximum atomic E-state index is 12.1. The van der Waals surface area contributed by atoms with E-state index in [9.17, 15) is 9.59 Å². The number of fused-ring (bicyclic) bond motifs is 1. The average Bonchev–Trinajstić information content (AvgIpc) is 2.56. The second-order valence-electron chi connectivity index (χ2n) is 5.22. The molecule has 0 spiro atoms. The van der Waals surface area contributed by atoms with Crippen molar-refractivity contribution >= 4 is 5.91 Å². The van der Waals surface area contributed by atoms with Crippen molar-refractivity contribution in [3.8, 4) is 11.5 Å². The predicted molar refractivity (Wildman–Crippen MR) is 82.6 cm³/mol. The molecule has 120 valence electrons. The zero-order valence-corrected chi connectivity index (χ0v) is 12.7. The second kappa shape index (κ2) is 6.51. The molecule has 7 heteroatoms. The Morgan fingerprint density at radius 1 is 1.39 bits per heavy atom. The van der Waals surface area contributed by atoms with Gasteiger partial charge in [0, 0.05) is 24.8 Å². The summed E-state index contributed by atoms with van der Waals surface area (Å²) in [5.74, 6) is 0.916. The molecule has 1 atom stereocenters. The molecule has 0 bridgehead atoms. The van der Waals surface area contributed by atoms with Gasteiger partial charge in [-0.3, -0.25) is 14.2 Å². The average molecular weight is 315 g/mol. The molecule has 1 N–H and O–H groups in total. The van der Waals surface area contributed by atoms with Crippen LogP contribution >= 0.6 is 0 Å². The largest absolute Gasteiger partial charge is 0.485 e. The van der Waals surface area contributed by atoms with Crippen molar-refractivity contribution in [1.29, 1.82) is 0 Å². The molecule has 3 rings (SSSR count). The van der Waals surface area contributed by atoms with Crippen LogP contribution in [0.3, 0.4) is 0 Å². The summed E-state index contributed by atoms with van der Waals surface area (Å²) in [6, 6.07) is 8.67. The van der Waals surface area contributed by atoms with Gasteiger partial charge < -0.3 is 14.8 Å². The maximum Gasteiger partial charge on any atom is 0.264 e. The molecule has 7 nitrogen and oxygen atoms in total. The zero-order chi connectivity index (χ0) is 16.2. The van der Waals surface area contributed by atoms with Gasteiger partial charge in [-0.15, -0.1) is 0 Å². The summed E-state index contributed by atoms with van der Waals surface area (Å²) in [5.41, 5.74) is 0.527. The van der Waals surface area contributed by atoms with Crippen molar-refractivity contribution in [2.75, 3.05) is 13.2 Å². The van der Waals surface area contributed by atoms with Crippen LogP contribution in [0.4, 0.5) is 0 Å². The van der Waals surface area contributed by atoms with Gasteiger partial charge in [0.1, 0.15) is 6.61 Å². The molecule has 0 radical (unpaired) electrons. The van der Waals surface area contributed by atoms with E-state index in [2.05, 4.69) is 10.3 Å². The molecule has 1 aromatic carbocycles. The maximum absolute atomic E-state index is 12.1. The number of hydrogen-bond donors (Lipinski definition) is 1. The predicted octanol–water partition coefficient (Wildman–Crippen LogP) is 0.508. The molecule has 1 aliphatic rings. The summed E-state index contributed by atoms with van der Waals surface area (Å²) in [5, 5.41) is 2.74. The zero-order valence-electron chi connectivity index (χ0n) is 12.7. The van der Waals surface area contributed by atoms with Crippen molar-refractivity contribution in [2.24, 2.45) is 0 Å². The van der Waals surface area contributed by atoms with Gasteiger partial charge in [0.05, 0.1) is 6.33 Å². The van der Waals surface area contributed by atoms with E-state index < -0.39 is 6.10 Å². The number of nitrogens with one attached hydrogen (secondary N) is 1. The van der Waals surface area contributed by atoms with Crippen LogP contribution in [0.15, 0.2) is 41.5 Å². The van der Waals surface area contributed by atoms with E-state index >= 15 is 0 Å². The Morgan fingerprint density at radius 3 is 2.96 bits per heavy atom. The third-order valence-electron chi connectivity index (χ3n) is 3.47. The van der Waals surface area contributed by atoms with E-state index in [4.69, 9.17) is 9.47 Å². The van der Waals surface area contributed by atoms with Crippen molar-refractivity contribution in [2.45, 2.75) is 19.6 Å². The van der Waals surface area contributed by atoms with Gasteiger partial charge in [-0.2, -0.15) is 0 Å². The van der Waals surface area contributed by atoms with Crippen LogP contribution in [0.2, 0.25) is 0 Å². The van der Waals surface area contributed by atoms with Gasteiger partial charge in [0.15, 0.2) is 11.5 Å². The number of aryl methyl sites for hydroxylation is 1. The van der Waals surface area contributed by atoms with Gasteiger partial charge in [0.2, 0.25) is 6.10 Å². The summed E-state index contributed by atoms with van der Waals surface area (Å²) in [7, 11) is 0. The molecule has 1 aromatic heterocycles. The van der Waals surface area contributed by atoms with Crippen LogP contribution in [0.1, 0.15) is 5.69 Å². The first-order valence-corrected chi connectivity index (χ1v) is 7.33. The first-order chi connectivity index (χ1) is 11.1. The Hall–Kier alpha value is -2.83. The molecule has 0 saturated carbocycles. The first kappa shape index (κ1) is 15.1. The number of ether oxygens (including phenoxy) is 2. The molecule has 0 saturated heterocycles. The Bertz CT molecular complexity index is 772. The van der Waals surface area contributed by atoms with Crippen molar-refractivity contribution in [3.63, 3.8) is 0 Å². The normalized spacial score (nSPS) is 16.0. The minimum Gasteiger partial charge on any atom is -0.485 e. The topological polar surface area (TPSA) is 82.5 Å². The van der Waals surface area contributed by atoms with Crippen LogP contribution in [-0.2, 0) is 11.3 Å². The first-order valence-electron chi connectivity index (χ1n) is 7.33. The lowest BCUT2D eigenvalue weighted by molar-refractivity contribution is -0.130. The number of amides is 1. The molecule has 1 aliphatic heterocycles. The highest BCUT2D eigenvalue weighted by molar-refractivity contribution is 5.81. The van der Waals surface area contributed by atoms with Crippen LogP contribution in [0.25, 0.3) is 0 Å². The molecule has 1 amide bonds. The monoisotopic (exact) mass is 315 g/mol. The lowest BCUT2D eigenvalue weighted by Gasteiger charge is -2.25. The lowest BCUT2D eigenvalue weighted by atomic mass is 10.2. The number of nitrogens with zero attached hydrogens (tertiary/aromatic N) is 2. The summed E-state index contributed by atoms with van der Waals surface area (Å²) in [6.45, 7) is 2.58. The Morgan fingerprint density at radius 2 is 2.17 bits per heavy atom. The standard InChI is InChI=1S/C16H17N3O4/c1-11-8-15(20)19(10-18-11)7-6-17-16(21)14-9-22-12-4-2-3-5-13(12)23-14/h2-5,8,10,14H,6-7,9H2,1H3,(H,17,21). The number of rotatable bonds is 4. The highest BCUT2D eigenvalue weighted by Gasteiger charge is 2.26. The SMILES string of the molecule is Cc1cc(=O)n(CCNC(=O)C2COc3ccccc3O2)cn1. The highest BCUT2D eigenvalue weighted by Crippen LogP contribution is 2.30. The smallest absolute Gasteiger partial charge is 0.264 e. The van der Waals surface area contributed by atoms with Crippen molar-refractivity contribution in [3.05, 3.63) is 52.7 Å². The number of carbonyl (C=O) groups excluding carboxylic acids is 1. The molecule has 23 heavy (non-hydrogen) atoms. The lowest BCUT2D eigenvalue weighted by Crippen LogP contribution is -2.45. The van der Waals surface area contributed by atoms with E-state index in [-0.39, 0.29) is 18.1 Å². The van der Waals surface area contributed by atoms with Crippen molar-refractivity contribution < 1.29 is 14.3 Å². The molecule has 1 unspecified atom stereocenters. The van der Waals surface area contributed by atoms with Crippen LogP contribution < -0.4 is 20.3 Å². The number of aromatic nitrogens is 2. The molecular formula is C16H17N3O4. The van der Waals surface area contributed by atoms with Crippen LogP contribution in [-0.4, -0.2) is 34.7 Å². The van der Waals surface area contributed by atoms with E-state index in [1.54, 1.807) is 19.1 Å². The molecular weight excluding hydrogens is 298 g/mol. The van der Waals surface area contributed by atoms with Gasteiger partial charge in [-0.05, 0) is 19.1 Å². The van der Waals surface area contributed by atoms with E-state index in [1.807, 2.05) is 12.1 Å². The quantitative estimate of drug-likeness (QED) is 0.889. The molecule has 0 fully saturated rings. The third kappa shape index (κ3) is 3.50. The van der Waals surface area contributed by atoms with Gasteiger partial charge in [-0.1, -0.05) is 12.1 Å². The number of benzene rings is 1. The van der Waals surface area contributed by atoms with E-state index in [0.717, 1.165) is 0 Å². The Labute approximate surface area is 132 Å². The molecule has 0 aliphatic carbocycles. The summed E-state index contributed by atoms with van der Waals surface area (Å²) < 4.78 is 12.6. The summed E-state index contributed by atoms with van der Waals surface area (Å²) in [6.07, 6.45) is 0.776. The van der Waals surface area contributed by atoms with E-state index in [0.29, 0.717) is 30.3 Å². The third-order valence-corrected chi connectivity index (χ3v) is 3.47. The summed E-state index contributed by atoms with van der Waals surface area (Å²) >= 11 is 0. The van der Waals surface area contributed by atoms with Crippen LogP contribution in [0.5, 0.6) is 11.5 Å². The minimum absolute atomic E-state index is 0.141. The second-order valence-corrected chi connectivity index (χ2v) is 5.22. The number of carbonyl (C=O) groups is 1. The van der Waals surface area contributed by atoms with Gasteiger partial charge in [0.25, 0.3) is 11.5 Å². The van der Waals surface area contributed by atoms with E-state index in [1.165, 1.54) is 17.0 Å². The molecule has 2 aromatic rings. The fourth-order valence-electron chi connectivity index (χ4n) is 2.25. The molecule has 2 heterocycles. The van der Waals surface area contributed by atoms with Gasteiger partial charge >= 0.3 is 0 Å². The fourth-order valence-corrected chi connectivity index (χ4v) is 2.25. The number of para-hydroxylation sites is 2. The van der Waals surface area contributed by atoms with Crippen LogP contribution in [0, 0.1) is 6.92 Å². The van der Waals surface area contributed by atoms with Gasteiger partial charge in [-0.25, -0.2) is 4.98 Å². The minimum atomic E-state index is -0.697. The number of hydrogen-bond acceptors (Lipinski definition) is 5. The summed E-state index contributed by atoms with van der Waals surface area (Å²) in [4.78, 5) is 27.9. The highest BCUT2D eigenvalue weighted by atomic mass is 16.6.